The molecule has 0 spiro atoms. The van der Waals surface area contributed by atoms with Gasteiger partial charge in [0.15, 0.2) is 6.10 Å². The molecule has 4 N–H and O–H groups in total. The van der Waals surface area contributed by atoms with Crippen molar-refractivity contribution in [3.63, 3.8) is 0 Å². The second kappa shape index (κ2) is 6.18. The first kappa shape index (κ1) is 14.2. The highest BCUT2D eigenvalue weighted by Crippen LogP contribution is 2.19. The van der Waals surface area contributed by atoms with Gasteiger partial charge in [-0.1, -0.05) is 11.6 Å². The predicted octanol–water partition coefficient (Wildman–Crippen LogP) is 1.05. The minimum atomic E-state index is -1.69. The number of aliphatic hydroxyl groups excluding tert-OH is 1. The largest absolute Gasteiger partial charge is 0.479 e. The van der Waals surface area contributed by atoms with Crippen LogP contribution in [0, 0.1) is 5.82 Å². The van der Waals surface area contributed by atoms with Crippen LogP contribution in [0.3, 0.4) is 0 Å². The van der Waals surface area contributed by atoms with E-state index in [9.17, 15) is 14.0 Å². The van der Waals surface area contributed by atoms with Crippen molar-refractivity contribution >= 4 is 29.3 Å². The van der Waals surface area contributed by atoms with Gasteiger partial charge in [-0.15, -0.1) is 0 Å². The average molecular weight is 277 g/mol. The number of carboxylic acids is 1. The van der Waals surface area contributed by atoms with Crippen LogP contribution in [0.5, 0.6) is 0 Å². The summed E-state index contributed by atoms with van der Waals surface area (Å²) in [5.74, 6) is -2.07. The molecule has 1 atom stereocenters. The zero-order chi connectivity index (χ0) is 13.7. The fourth-order valence-electron chi connectivity index (χ4n) is 1.03. The molecule has 0 aliphatic heterocycles. The second-order valence-corrected chi connectivity index (χ2v) is 3.73. The molecule has 0 aliphatic carbocycles. The molecule has 6 nitrogen and oxygen atoms in total. The number of urea groups is 1. The lowest BCUT2D eigenvalue weighted by molar-refractivity contribution is -0.146. The van der Waals surface area contributed by atoms with Gasteiger partial charge in [-0.25, -0.2) is 14.0 Å². The zero-order valence-corrected chi connectivity index (χ0v) is 9.74. The number of hydrogen-bond donors (Lipinski definition) is 4. The number of aliphatic carboxylic acids is 1. The summed E-state index contributed by atoms with van der Waals surface area (Å²) < 4.78 is 12.8. The van der Waals surface area contributed by atoms with Crippen LogP contribution in [0.1, 0.15) is 0 Å². The summed E-state index contributed by atoms with van der Waals surface area (Å²) in [5.41, 5.74) is 0.240. The number of halogens is 2. The molecule has 0 fully saturated rings. The average Bonchev–Trinajstić information content (AvgIpc) is 2.30. The summed E-state index contributed by atoms with van der Waals surface area (Å²) >= 11 is 5.50. The Morgan fingerprint density at radius 1 is 1.44 bits per heavy atom. The SMILES string of the molecule is O=C(NCC(O)C(=O)O)Nc1ccc(F)c(Cl)c1. The first-order valence-corrected chi connectivity index (χ1v) is 5.18. The van der Waals surface area contributed by atoms with Crippen LogP contribution < -0.4 is 10.6 Å². The third-order valence-electron chi connectivity index (χ3n) is 1.92. The molecule has 0 radical (unpaired) electrons. The van der Waals surface area contributed by atoms with Gasteiger partial charge < -0.3 is 20.8 Å². The molecule has 0 saturated heterocycles. The van der Waals surface area contributed by atoms with Crippen molar-refractivity contribution in [1.82, 2.24) is 5.32 Å². The third kappa shape index (κ3) is 4.19. The molecule has 0 aliphatic rings. The van der Waals surface area contributed by atoms with Crippen molar-refractivity contribution in [1.29, 1.82) is 0 Å². The molecular weight excluding hydrogens is 267 g/mol. The summed E-state index contributed by atoms with van der Waals surface area (Å²) in [7, 11) is 0. The van der Waals surface area contributed by atoms with E-state index in [0.29, 0.717) is 0 Å². The first-order chi connectivity index (χ1) is 8.40. The van der Waals surface area contributed by atoms with E-state index in [2.05, 4.69) is 10.6 Å². The van der Waals surface area contributed by atoms with Crippen molar-refractivity contribution < 1.29 is 24.2 Å². The number of anilines is 1. The Hall–Kier alpha value is -1.86. The van der Waals surface area contributed by atoms with Crippen molar-refractivity contribution in [2.75, 3.05) is 11.9 Å². The predicted molar refractivity (Wildman–Crippen MR) is 62.1 cm³/mol. The Balaban J connectivity index is 2.49. The molecule has 1 unspecified atom stereocenters. The summed E-state index contributed by atoms with van der Waals surface area (Å²) in [5, 5.41) is 21.6. The Kier molecular flexibility index (Phi) is 4.87. The van der Waals surface area contributed by atoms with Gasteiger partial charge in [0.05, 0.1) is 11.6 Å². The highest BCUT2D eigenvalue weighted by molar-refractivity contribution is 6.31. The number of hydrogen-bond acceptors (Lipinski definition) is 3. The monoisotopic (exact) mass is 276 g/mol. The molecule has 0 saturated carbocycles. The molecule has 0 bridgehead atoms. The van der Waals surface area contributed by atoms with Crippen LogP contribution in [0.2, 0.25) is 5.02 Å². The summed E-state index contributed by atoms with van der Waals surface area (Å²) in [6.07, 6.45) is -1.69. The molecular formula is C10H10ClFN2O4. The molecule has 1 aromatic carbocycles. The van der Waals surface area contributed by atoms with Gasteiger partial charge in [0.1, 0.15) is 5.82 Å². The van der Waals surface area contributed by atoms with Gasteiger partial charge >= 0.3 is 12.0 Å². The van der Waals surface area contributed by atoms with Gasteiger partial charge in [-0.05, 0) is 18.2 Å². The maximum atomic E-state index is 12.8. The Morgan fingerprint density at radius 2 is 2.11 bits per heavy atom. The van der Waals surface area contributed by atoms with Crippen molar-refractivity contribution in [2.24, 2.45) is 0 Å². The van der Waals surface area contributed by atoms with Crippen LogP contribution in [-0.4, -0.2) is 34.9 Å². The van der Waals surface area contributed by atoms with Crippen LogP contribution >= 0.6 is 11.6 Å². The molecule has 1 rings (SSSR count). The maximum Gasteiger partial charge on any atom is 0.334 e. The number of carbonyl (C=O) groups is 2. The number of carboxylic acid groups (broad SMARTS) is 1. The number of rotatable bonds is 4. The second-order valence-electron chi connectivity index (χ2n) is 3.32. The van der Waals surface area contributed by atoms with E-state index >= 15 is 0 Å². The summed E-state index contributed by atoms with van der Waals surface area (Å²) in [6.45, 7) is -0.448. The molecule has 1 aromatic rings. The Labute approximate surface area is 106 Å². The van der Waals surface area contributed by atoms with E-state index in [1.165, 1.54) is 12.1 Å². The van der Waals surface area contributed by atoms with Gasteiger partial charge in [0.2, 0.25) is 0 Å². The lowest BCUT2D eigenvalue weighted by Crippen LogP contribution is -2.38. The van der Waals surface area contributed by atoms with Crippen molar-refractivity contribution in [3.8, 4) is 0 Å². The van der Waals surface area contributed by atoms with E-state index < -0.39 is 30.5 Å². The number of aliphatic hydroxyl groups is 1. The Morgan fingerprint density at radius 3 is 2.67 bits per heavy atom. The van der Waals surface area contributed by atoms with E-state index in [-0.39, 0.29) is 10.7 Å². The fraction of sp³-hybridized carbons (Fsp3) is 0.200. The number of benzene rings is 1. The molecule has 18 heavy (non-hydrogen) atoms. The quantitative estimate of drug-likeness (QED) is 0.660. The number of amides is 2. The van der Waals surface area contributed by atoms with Crippen LogP contribution in [0.15, 0.2) is 18.2 Å². The summed E-state index contributed by atoms with van der Waals surface area (Å²) in [6, 6.07) is 2.82. The van der Waals surface area contributed by atoms with Crippen LogP contribution in [0.4, 0.5) is 14.9 Å². The van der Waals surface area contributed by atoms with E-state index in [4.69, 9.17) is 21.8 Å². The highest BCUT2D eigenvalue weighted by atomic mass is 35.5. The van der Waals surface area contributed by atoms with Gasteiger partial charge in [-0.2, -0.15) is 0 Å². The van der Waals surface area contributed by atoms with E-state index in [0.717, 1.165) is 6.07 Å². The molecule has 0 aromatic heterocycles. The fourth-order valence-corrected chi connectivity index (χ4v) is 1.21. The molecule has 98 valence electrons. The maximum absolute atomic E-state index is 12.8. The standard InChI is InChI=1S/C10H10ClFN2O4/c11-6-3-5(1-2-7(6)12)14-10(18)13-4-8(15)9(16)17/h1-3,8,15H,4H2,(H,16,17)(H2,13,14,18). The smallest absolute Gasteiger partial charge is 0.334 e. The third-order valence-corrected chi connectivity index (χ3v) is 2.21. The van der Waals surface area contributed by atoms with E-state index in [1.54, 1.807) is 0 Å². The lowest BCUT2D eigenvalue weighted by atomic mass is 10.3. The number of nitrogens with one attached hydrogen (secondary N) is 2. The van der Waals surface area contributed by atoms with Gasteiger partial charge in [0, 0.05) is 5.69 Å². The summed E-state index contributed by atoms with van der Waals surface area (Å²) in [4.78, 5) is 21.5. The van der Waals surface area contributed by atoms with E-state index in [1.807, 2.05) is 0 Å². The molecule has 8 heteroatoms. The Bertz CT molecular complexity index is 469. The lowest BCUT2D eigenvalue weighted by Gasteiger charge is -2.09. The highest BCUT2D eigenvalue weighted by Gasteiger charge is 2.14. The normalized spacial score (nSPS) is 11.7. The zero-order valence-electron chi connectivity index (χ0n) is 8.98. The minimum Gasteiger partial charge on any atom is -0.479 e. The van der Waals surface area contributed by atoms with Crippen LogP contribution in [-0.2, 0) is 4.79 Å². The molecule has 0 heterocycles. The van der Waals surface area contributed by atoms with Crippen molar-refractivity contribution in [2.45, 2.75) is 6.10 Å². The number of carbonyl (C=O) groups excluding carboxylic acids is 1. The van der Waals surface area contributed by atoms with Gasteiger partial charge in [0.25, 0.3) is 0 Å². The first-order valence-electron chi connectivity index (χ1n) is 4.81. The topological polar surface area (TPSA) is 98.7 Å². The van der Waals surface area contributed by atoms with Crippen molar-refractivity contribution in [3.05, 3.63) is 29.0 Å². The minimum absolute atomic E-state index is 0.154. The molecule has 2 amide bonds. The van der Waals surface area contributed by atoms with Crippen LogP contribution in [0.25, 0.3) is 0 Å². The van der Waals surface area contributed by atoms with Gasteiger partial charge in [-0.3, -0.25) is 0 Å².